The molecular formula is C61H76N10O22S2. The second kappa shape index (κ2) is 33.4. The Balaban J connectivity index is 1.07. The molecule has 514 valence electrons. The maximum Gasteiger partial charge on any atom is 0.261 e. The zero-order valence-corrected chi connectivity index (χ0v) is 53.2. The molecule has 8 rings (SSSR count). The number of methoxy groups -OCH3 is 1. The first-order valence-electron chi connectivity index (χ1n) is 30.3. The topological polar surface area (TPSA) is 483 Å². The monoisotopic (exact) mass is 1360 g/mol. The van der Waals surface area contributed by atoms with Crippen molar-refractivity contribution in [2.45, 2.75) is 138 Å². The third-order valence-electron chi connectivity index (χ3n) is 16.3. The standard InChI is InChI=1S/C61H76N10O22S2/c1-29-27-71-49(50(29)78)57(85)63-26-37(73)23-40(64-53(81)35-10-8-33-21-36(11-9-32(33)20-35)59-69-68-58(94-59)31-12-15-39(16-13-31)90-19-7-5-4-6-18-89-3)54(82)65-46(30(2)72)60(86)70-28-38(74)24-41(70)55(83)67-48(56(84)66-47(61(71)87)43(76)25-45(62)77)52(80)51(79)34-14-17-42(75)44(22-34)91-95-93-92-88/h8-17,20-22,29-30,37-38,40-41,43,46-52,72-76,78-80,88H,4-7,18-19,23-28H2,1-3H3,(H2,62,77)(H,63,85)(H,64,81)(H,65,82)(H,66,84)(H,67,83). The summed E-state index contributed by atoms with van der Waals surface area (Å²) < 4.78 is 20.2. The van der Waals surface area contributed by atoms with E-state index in [1.807, 2.05) is 30.3 Å². The van der Waals surface area contributed by atoms with Gasteiger partial charge in [-0.2, -0.15) is 0 Å². The van der Waals surface area contributed by atoms with Crippen molar-refractivity contribution in [2.24, 2.45) is 11.7 Å². The summed E-state index contributed by atoms with van der Waals surface area (Å²) in [6.45, 7) is 2.01. The minimum Gasteiger partial charge on any atom is -0.504 e. The van der Waals surface area contributed by atoms with Crippen LogP contribution in [-0.4, -0.2) is 226 Å². The fourth-order valence-electron chi connectivity index (χ4n) is 11.2. The van der Waals surface area contributed by atoms with Gasteiger partial charge in [-0.3, -0.25) is 38.4 Å². The highest BCUT2D eigenvalue weighted by atomic mass is 32.2. The number of nitrogens with two attached hydrogens (primary N) is 1. The van der Waals surface area contributed by atoms with Gasteiger partial charge < -0.3 is 96.6 Å². The van der Waals surface area contributed by atoms with Gasteiger partial charge in [0.2, 0.25) is 41.4 Å². The number of amides is 8. The number of aromatic nitrogens is 2. The van der Waals surface area contributed by atoms with Crippen LogP contribution in [0.5, 0.6) is 17.2 Å². The number of hydrogen-bond donors (Lipinski definition) is 15. The van der Waals surface area contributed by atoms with Crippen LogP contribution in [0.15, 0.2) is 78.9 Å². The molecule has 4 heterocycles. The van der Waals surface area contributed by atoms with Gasteiger partial charge in [-0.1, -0.05) is 58.3 Å². The molecule has 95 heavy (non-hydrogen) atoms. The van der Waals surface area contributed by atoms with Crippen LogP contribution in [0.1, 0.15) is 80.8 Å². The smallest absolute Gasteiger partial charge is 0.261 e. The quantitative estimate of drug-likeness (QED) is 0.0161. The van der Waals surface area contributed by atoms with Crippen LogP contribution in [0.3, 0.4) is 0 Å². The van der Waals surface area contributed by atoms with Crippen molar-refractivity contribution in [2.75, 3.05) is 40.0 Å². The third-order valence-corrected chi connectivity index (χ3v) is 17.7. The normalized spacial score (nSPS) is 24.6. The second-order valence-corrected chi connectivity index (χ2v) is 24.7. The molecule has 32 nitrogen and oxygen atoms in total. The summed E-state index contributed by atoms with van der Waals surface area (Å²) >= 11 is 1.34. The van der Waals surface area contributed by atoms with Gasteiger partial charge in [0, 0.05) is 68.8 Å². The Bertz CT molecular complexity index is 3530. The van der Waals surface area contributed by atoms with Gasteiger partial charge in [-0.05, 0) is 97.1 Å². The Labute approximate surface area is 551 Å². The van der Waals surface area contributed by atoms with Gasteiger partial charge in [0.25, 0.3) is 18.2 Å². The Kier molecular flexibility index (Phi) is 25.6. The highest BCUT2D eigenvalue weighted by Crippen LogP contribution is 2.36. The first-order chi connectivity index (χ1) is 45.4. The number of rotatable bonds is 23. The summed E-state index contributed by atoms with van der Waals surface area (Å²) in [6, 6.07) is 8.18. The average Bonchev–Trinajstić information content (AvgIpc) is 1.84. The molecule has 3 aliphatic heterocycles. The molecule has 0 saturated carbocycles. The number of fused-ring (bicyclic) bond motifs is 3. The van der Waals surface area contributed by atoms with E-state index in [2.05, 4.69) is 46.2 Å². The molecule has 14 atom stereocenters. The zero-order valence-electron chi connectivity index (χ0n) is 51.6. The zero-order chi connectivity index (χ0) is 68.8. The van der Waals surface area contributed by atoms with Crippen molar-refractivity contribution in [1.29, 1.82) is 0 Å². The summed E-state index contributed by atoms with van der Waals surface area (Å²) in [4.78, 5) is 116. The number of unbranched alkanes of at least 4 members (excludes halogenated alkanes) is 3. The van der Waals surface area contributed by atoms with Crippen molar-refractivity contribution in [3.8, 4) is 38.4 Å². The van der Waals surface area contributed by atoms with Crippen LogP contribution in [-0.2, 0) is 47.7 Å². The van der Waals surface area contributed by atoms with Crippen LogP contribution in [0.2, 0.25) is 0 Å². The summed E-state index contributed by atoms with van der Waals surface area (Å²) in [7, 11) is 1.69. The van der Waals surface area contributed by atoms with Gasteiger partial charge >= 0.3 is 0 Å². The lowest BCUT2D eigenvalue weighted by molar-refractivity contribution is -0.433. The number of nitrogens with zero attached hydrogens (tertiary/aromatic N) is 4. The van der Waals surface area contributed by atoms with Crippen LogP contribution >= 0.6 is 23.7 Å². The third kappa shape index (κ3) is 18.4. The van der Waals surface area contributed by atoms with Crippen molar-refractivity contribution < 1.29 is 107 Å². The van der Waals surface area contributed by atoms with E-state index in [4.69, 9.17) is 24.6 Å². The van der Waals surface area contributed by atoms with E-state index >= 15 is 0 Å². The van der Waals surface area contributed by atoms with E-state index in [1.165, 1.54) is 30.4 Å². The molecule has 0 bridgehead atoms. The van der Waals surface area contributed by atoms with Crippen molar-refractivity contribution in [3.63, 3.8) is 0 Å². The second-order valence-electron chi connectivity index (χ2n) is 23.3. The summed E-state index contributed by atoms with van der Waals surface area (Å²) in [5.74, 6) is -11.2. The number of primary amides is 1. The van der Waals surface area contributed by atoms with Crippen molar-refractivity contribution >= 4 is 81.7 Å². The summed E-state index contributed by atoms with van der Waals surface area (Å²) in [6.07, 6.45) is -12.1. The summed E-state index contributed by atoms with van der Waals surface area (Å²) in [5, 5.41) is 126. The molecule has 0 aliphatic carbocycles. The molecule has 3 saturated heterocycles. The van der Waals surface area contributed by atoms with Crippen LogP contribution in [0, 0.1) is 5.92 Å². The lowest BCUT2D eigenvalue weighted by Crippen LogP contribution is -2.64. The summed E-state index contributed by atoms with van der Waals surface area (Å²) in [5.41, 5.74) is 6.62. The number of carbonyl (C=O) groups excluding carboxylic acids is 8. The molecule has 5 aromatic rings. The number of hydrogen-bond acceptors (Lipinski definition) is 26. The highest BCUT2D eigenvalue weighted by molar-refractivity contribution is 7.90. The van der Waals surface area contributed by atoms with Gasteiger partial charge in [-0.25, -0.2) is 5.26 Å². The number of carbonyl (C=O) groups is 8. The minimum atomic E-state index is -2.53. The number of nitrogens with one attached hydrogen (secondary N) is 5. The number of β-amino-alcohol motifs (C(OH)–C–C–N with tert-alkyl or cyclic N) is 1. The maximum atomic E-state index is 14.7. The number of benzene rings is 4. The lowest BCUT2D eigenvalue weighted by Gasteiger charge is -2.34. The van der Waals surface area contributed by atoms with Gasteiger partial charge in [0.15, 0.2) is 11.5 Å². The highest BCUT2D eigenvalue weighted by Gasteiger charge is 2.50. The van der Waals surface area contributed by atoms with E-state index in [9.17, 15) is 79.2 Å². The number of phenols is 1. The van der Waals surface area contributed by atoms with Crippen molar-refractivity contribution in [1.82, 2.24) is 46.6 Å². The number of aliphatic hydroxyl groups excluding tert-OH is 7. The van der Waals surface area contributed by atoms with E-state index in [0.717, 1.165) is 84.1 Å². The van der Waals surface area contributed by atoms with E-state index in [0.29, 0.717) is 27.4 Å². The molecule has 1 aromatic heterocycles. The van der Waals surface area contributed by atoms with E-state index < -0.39 is 183 Å². The van der Waals surface area contributed by atoms with Crippen molar-refractivity contribution in [3.05, 3.63) is 90.0 Å². The van der Waals surface area contributed by atoms with Crippen LogP contribution in [0.4, 0.5) is 0 Å². The Hall–Kier alpha value is -8.23. The van der Waals surface area contributed by atoms with E-state index in [-0.39, 0.29) is 23.5 Å². The molecule has 0 spiro atoms. The molecule has 3 fully saturated rings. The Morgan fingerprint density at radius 1 is 0.747 bits per heavy atom. The molecule has 3 aliphatic rings. The predicted octanol–water partition coefficient (Wildman–Crippen LogP) is -1.01. The number of aliphatic hydroxyl groups is 7. The maximum absolute atomic E-state index is 14.7. The minimum absolute atomic E-state index is 0.0112. The van der Waals surface area contributed by atoms with Crippen LogP contribution < -0.4 is 41.2 Å². The van der Waals surface area contributed by atoms with E-state index in [1.54, 1.807) is 25.3 Å². The fourth-order valence-corrected chi connectivity index (χ4v) is 12.3. The Morgan fingerprint density at radius 3 is 2.09 bits per heavy atom. The SMILES string of the molecule is COCCCCCCOc1ccc(-c2nnc(-c3ccc4cc(C(=O)NC5CC(O)CNC(=O)C6C(O)C(C)CN6C(=O)C(C(O)CC(N)=O)NC(=O)C(C(O)C(O)c6ccc(O)c(OSOOO)c6)NC(=O)C6CC(O)CN6C(=O)C(C(C)O)NC5=O)ccc4c3)s2)cc1. The predicted molar refractivity (Wildman–Crippen MR) is 335 cm³/mol. The lowest BCUT2D eigenvalue weighted by atomic mass is 9.96. The first-order valence-corrected chi connectivity index (χ1v) is 31.8. The average molecular weight is 1370 g/mol. The largest absolute Gasteiger partial charge is 0.504 e. The van der Waals surface area contributed by atoms with Gasteiger partial charge in [0.05, 0.1) is 43.5 Å². The fraction of sp³-hybridized carbons (Fsp3) is 0.475. The number of phenolic OH excluding ortho intramolecular Hbond substituents is 1. The van der Waals surface area contributed by atoms with Crippen LogP contribution in [0.25, 0.3) is 31.9 Å². The van der Waals surface area contributed by atoms with Gasteiger partial charge in [-0.15, -0.1) is 10.2 Å². The molecule has 34 heteroatoms. The molecular weight excluding hydrogens is 1290 g/mol. The van der Waals surface area contributed by atoms with Gasteiger partial charge in [0.1, 0.15) is 64.2 Å². The Morgan fingerprint density at radius 2 is 1.40 bits per heavy atom. The molecule has 16 N–H and O–H groups in total. The number of aromatic hydroxyl groups is 1. The molecule has 14 unspecified atom stereocenters. The molecule has 0 radical (unpaired) electrons. The first kappa shape index (κ1) is 72.6. The number of ether oxygens (including phenoxy) is 2. The molecule has 8 amide bonds. The molecule has 4 aromatic carbocycles.